The Morgan fingerprint density at radius 1 is 1.13 bits per heavy atom. The number of amides is 2. The minimum atomic E-state index is -1.06. The van der Waals surface area contributed by atoms with Gasteiger partial charge in [0.25, 0.3) is 0 Å². The lowest BCUT2D eigenvalue weighted by Crippen LogP contribution is -2.47. The van der Waals surface area contributed by atoms with Crippen LogP contribution in [-0.4, -0.2) is 79.2 Å². The van der Waals surface area contributed by atoms with E-state index in [0.717, 1.165) is 70.4 Å². The number of aromatic nitrogens is 4. The molecule has 13 heteroatoms. The van der Waals surface area contributed by atoms with Crippen LogP contribution in [0.2, 0.25) is 0 Å². The van der Waals surface area contributed by atoms with Crippen LogP contribution in [0.1, 0.15) is 81.5 Å². The third kappa shape index (κ3) is 7.25. The summed E-state index contributed by atoms with van der Waals surface area (Å²) in [6.07, 6.45) is 4.51. The van der Waals surface area contributed by atoms with Crippen molar-refractivity contribution >= 4 is 47.1 Å². The van der Waals surface area contributed by atoms with E-state index in [2.05, 4.69) is 58.9 Å². The normalized spacial score (nSPS) is 15.3. The summed E-state index contributed by atoms with van der Waals surface area (Å²) in [5, 5.41) is 7.99. The van der Waals surface area contributed by atoms with E-state index in [-0.39, 0.29) is 24.1 Å². The topological polar surface area (TPSA) is 146 Å². The number of rotatable bonds is 9. The average molecular weight is 664 g/mol. The van der Waals surface area contributed by atoms with E-state index >= 15 is 0 Å². The first kappa shape index (κ1) is 34.2. The number of piperidine rings is 1. The Kier molecular flexibility index (Phi) is 9.88. The first-order valence-electron chi connectivity index (χ1n) is 16.0. The molecule has 3 aromatic heterocycles. The average Bonchev–Trinajstić information content (AvgIpc) is 3.59. The SMILES string of the molecule is Cc1c(-c2c(C(C)C)c3cc(C4CCN(CC(N)=O)CC4)ccc3n2OC(=O)[C@H](CS)NC(=O)OC(C)(C)C)cn2ncnc2c1C. The summed E-state index contributed by atoms with van der Waals surface area (Å²) < 4.78 is 8.71. The van der Waals surface area contributed by atoms with E-state index < -0.39 is 23.7 Å². The molecule has 47 heavy (non-hydrogen) atoms. The van der Waals surface area contributed by atoms with Crippen molar-refractivity contribution in [1.29, 1.82) is 0 Å². The van der Waals surface area contributed by atoms with Gasteiger partial charge >= 0.3 is 12.1 Å². The minimum absolute atomic E-state index is 0.00526. The van der Waals surface area contributed by atoms with E-state index in [9.17, 15) is 14.4 Å². The van der Waals surface area contributed by atoms with Crippen molar-refractivity contribution in [3.63, 3.8) is 0 Å². The van der Waals surface area contributed by atoms with Gasteiger partial charge in [-0.3, -0.25) is 9.69 Å². The van der Waals surface area contributed by atoms with Gasteiger partial charge in [-0.2, -0.15) is 22.5 Å². The van der Waals surface area contributed by atoms with Crippen LogP contribution in [0.5, 0.6) is 0 Å². The van der Waals surface area contributed by atoms with Crippen LogP contribution < -0.4 is 15.9 Å². The first-order valence-corrected chi connectivity index (χ1v) is 16.6. The van der Waals surface area contributed by atoms with Gasteiger partial charge in [0.05, 0.1) is 17.8 Å². The lowest BCUT2D eigenvalue weighted by Gasteiger charge is -2.31. The fraction of sp³-hybridized carbons (Fsp3) is 0.500. The zero-order valence-electron chi connectivity index (χ0n) is 28.2. The molecule has 1 fully saturated rings. The molecule has 1 atom stereocenters. The van der Waals surface area contributed by atoms with Crippen molar-refractivity contribution in [2.24, 2.45) is 5.73 Å². The van der Waals surface area contributed by atoms with Crippen LogP contribution in [0.25, 0.3) is 27.8 Å². The van der Waals surface area contributed by atoms with Crippen LogP contribution >= 0.6 is 12.6 Å². The van der Waals surface area contributed by atoms with Crippen molar-refractivity contribution < 1.29 is 24.0 Å². The predicted octanol–water partition coefficient (Wildman–Crippen LogP) is 4.53. The Hall–Kier alpha value is -4.10. The fourth-order valence-corrected chi connectivity index (χ4v) is 6.60. The van der Waals surface area contributed by atoms with Gasteiger partial charge in [0.2, 0.25) is 5.91 Å². The number of nitrogens with one attached hydrogen (secondary N) is 1. The summed E-state index contributed by atoms with van der Waals surface area (Å²) >= 11 is 4.35. The highest BCUT2D eigenvalue weighted by atomic mass is 32.1. The van der Waals surface area contributed by atoms with Crippen LogP contribution in [0, 0.1) is 13.8 Å². The second-order valence-electron chi connectivity index (χ2n) is 13.6. The number of fused-ring (bicyclic) bond motifs is 2. The molecule has 2 amide bonds. The summed E-state index contributed by atoms with van der Waals surface area (Å²) in [6, 6.07) is 5.23. The molecule has 0 bridgehead atoms. The third-order valence-electron chi connectivity index (χ3n) is 8.72. The number of ether oxygens (including phenoxy) is 1. The number of hydrogen-bond donors (Lipinski definition) is 3. The molecule has 0 unspecified atom stereocenters. The molecule has 252 valence electrons. The van der Waals surface area contributed by atoms with E-state index in [0.29, 0.717) is 5.92 Å². The highest BCUT2D eigenvalue weighted by Gasteiger charge is 2.31. The summed E-state index contributed by atoms with van der Waals surface area (Å²) in [5.74, 6) is -0.634. The molecule has 0 radical (unpaired) electrons. The van der Waals surface area contributed by atoms with Crippen molar-refractivity contribution in [1.82, 2.24) is 29.5 Å². The number of primary amides is 1. The van der Waals surface area contributed by atoms with E-state index in [1.54, 1.807) is 30.0 Å². The van der Waals surface area contributed by atoms with Gasteiger partial charge in [0.1, 0.15) is 18.0 Å². The molecule has 1 aromatic carbocycles. The van der Waals surface area contributed by atoms with Crippen LogP contribution in [-0.2, 0) is 14.3 Å². The molecular formula is C34H45N7O5S. The molecule has 3 N–H and O–H groups in total. The smallest absolute Gasteiger partial charge is 0.408 e. The number of carbonyl (C=O) groups is 3. The Labute approximate surface area is 280 Å². The fourth-order valence-electron chi connectivity index (χ4n) is 6.36. The zero-order valence-corrected chi connectivity index (χ0v) is 29.1. The summed E-state index contributed by atoms with van der Waals surface area (Å²) in [6.45, 7) is 15.4. The van der Waals surface area contributed by atoms with Crippen LogP contribution in [0.15, 0.2) is 30.7 Å². The minimum Gasteiger partial charge on any atom is -0.444 e. The molecule has 4 heterocycles. The van der Waals surface area contributed by atoms with E-state index in [1.165, 1.54) is 11.9 Å². The Bertz CT molecular complexity index is 1810. The predicted molar refractivity (Wildman–Crippen MR) is 184 cm³/mol. The Balaban J connectivity index is 1.62. The molecule has 4 aromatic rings. The second-order valence-corrected chi connectivity index (χ2v) is 14.0. The number of benzene rings is 1. The van der Waals surface area contributed by atoms with Crippen molar-refractivity contribution in [3.05, 3.63) is 53.0 Å². The molecule has 1 aliphatic heterocycles. The number of hydrogen-bond acceptors (Lipinski definition) is 9. The highest BCUT2D eigenvalue weighted by Crippen LogP contribution is 2.42. The highest BCUT2D eigenvalue weighted by molar-refractivity contribution is 7.80. The molecule has 0 aliphatic carbocycles. The number of nitrogens with two attached hydrogens (primary N) is 1. The quantitative estimate of drug-likeness (QED) is 0.222. The number of pyridine rings is 1. The van der Waals surface area contributed by atoms with Crippen LogP contribution in [0.3, 0.4) is 0 Å². The first-order chi connectivity index (χ1) is 22.2. The van der Waals surface area contributed by atoms with E-state index in [1.807, 2.05) is 26.1 Å². The molecule has 5 rings (SSSR count). The number of likely N-dealkylation sites (tertiary alicyclic amines) is 1. The number of alkyl carbamates (subject to hydrolysis) is 1. The van der Waals surface area contributed by atoms with E-state index in [4.69, 9.17) is 15.3 Å². The van der Waals surface area contributed by atoms with Crippen molar-refractivity contribution in [2.75, 3.05) is 25.4 Å². The number of thiol groups is 1. The maximum Gasteiger partial charge on any atom is 0.408 e. The molecule has 1 aliphatic rings. The van der Waals surface area contributed by atoms with Gasteiger partial charge < -0.3 is 20.6 Å². The lowest BCUT2D eigenvalue weighted by molar-refractivity contribution is -0.145. The standard InChI is InChI=1S/C34H45N7O5S/c1-19(2)29-24-14-23(22-10-12-39(13-11-22)16-28(35)42)8-9-27(24)41(46-32(43)26(17-47)38-33(44)45-34(5,6)7)30(29)25-15-40-31(36-18-37-40)21(4)20(25)3/h8-9,14-15,18-19,22,26,47H,10-13,16-17H2,1-7H3,(H2,35,42)(H,38,44)/t26-/m0/s1. The van der Waals surface area contributed by atoms with Gasteiger partial charge in [-0.15, -0.1) is 0 Å². The number of carbonyl (C=O) groups excluding carboxylic acids is 3. The van der Waals surface area contributed by atoms with Gasteiger partial charge in [-0.05, 0) is 107 Å². The third-order valence-corrected chi connectivity index (χ3v) is 9.09. The van der Waals surface area contributed by atoms with Gasteiger partial charge in [-0.1, -0.05) is 19.9 Å². The maximum absolute atomic E-state index is 13.8. The van der Waals surface area contributed by atoms with Gasteiger partial charge in [0.15, 0.2) is 5.65 Å². The van der Waals surface area contributed by atoms with Crippen LogP contribution in [0.4, 0.5) is 4.79 Å². The molecule has 0 spiro atoms. The summed E-state index contributed by atoms with van der Waals surface area (Å²) in [5.41, 5.74) is 11.9. The largest absolute Gasteiger partial charge is 0.444 e. The second kappa shape index (κ2) is 13.6. The van der Waals surface area contributed by atoms with Crippen molar-refractivity contribution in [2.45, 2.75) is 84.8 Å². The zero-order chi connectivity index (χ0) is 34.2. The maximum atomic E-state index is 13.8. The number of aryl methyl sites for hydroxylation is 1. The Morgan fingerprint density at radius 2 is 1.83 bits per heavy atom. The Morgan fingerprint density at radius 3 is 2.45 bits per heavy atom. The molecule has 12 nitrogen and oxygen atoms in total. The summed E-state index contributed by atoms with van der Waals surface area (Å²) in [7, 11) is 0. The lowest BCUT2D eigenvalue weighted by atomic mass is 9.87. The molecular weight excluding hydrogens is 618 g/mol. The monoisotopic (exact) mass is 663 g/mol. The molecule has 0 saturated carbocycles. The van der Waals surface area contributed by atoms with Crippen molar-refractivity contribution in [3.8, 4) is 11.3 Å². The van der Waals surface area contributed by atoms with Gasteiger partial charge in [-0.25, -0.2) is 19.1 Å². The molecule has 1 saturated heterocycles. The van der Waals surface area contributed by atoms with Gasteiger partial charge in [0, 0.05) is 22.9 Å². The number of nitrogens with zero attached hydrogens (tertiary/aromatic N) is 5. The summed E-state index contributed by atoms with van der Waals surface area (Å²) in [4.78, 5) is 50.6.